The molecule has 0 fully saturated rings. The van der Waals surface area contributed by atoms with Gasteiger partial charge in [-0.15, -0.1) is 11.8 Å². The molecule has 0 radical (unpaired) electrons. The summed E-state index contributed by atoms with van der Waals surface area (Å²) in [4.78, 5) is 17.7. The number of thioether (sulfide) groups is 1. The van der Waals surface area contributed by atoms with Gasteiger partial charge in [0.2, 0.25) is 5.91 Å². The van der Waals surface area contributed by atoms with Gasteiger partial charge in [-0.1, -0.05) is 35.1 Å². The van der Waals surface area contributed by atoms with Crippen LogP contribution in [-0.2, 0) is 14.6 Å². The Labute approximate surface area is 154 Å². The van der Waals surface area contributed by atoms with Crippen LogP contribution in [0.5, 0.6) is 0 Å². The number of carbonyl (C=O) groups is 1. The number of fused-ring (bicyclic) bond motifs is 1. The van der Waals surface area contributed by atoms with Gasteiger partial charge >= 0.3 is 0 Å². The molecule has 3 rings (SSSR count). The zero-order valence-corrected chi connectivity index (χ0v) is 16.1. The van der Waals surface area contributed by atoms with Crippen molar-refractivity contribution in [2.45, 2.75) is 16.7 Å². The molecule has 0 spiro atoms. The summed E-state index contributed by atoms with van der Waals surface area (Å²) < 4.78 is 25.6. The second-order valence-corrected chi connectivity index (χ2v) is 9.31. The molecule has 1 amide bonds. The Hall–Kier alpha value is -1.90. The monoisotopic (exact) mass is 392 g/mol. The van der Waals surface area contributed by atoms with Gasteiger partial charge in [0.15, 0.2) is 15.0 Å². The number of hydrogen-bond donors (Lipinski definition) is 1. The van der Waals surface area contributed by atoms with Gasteiger partial charge in [-0.25, -0.2) is 13.4 Å². The van der Waals surface area contributed by atoms with E-state index in [2.05, 4.69) is 10.3 Å². The van der Waals surface area contributed by atoms with Crippen molar-refractivity contribution in [3.8, 4) is 0 Å². The predicted octanol–water partition coefficient (Wildman–Crippen LogP) is 3.74. The minimum Gasteiger partial charge on any atom is -0.301 e. The van der Waals surface area contributed by atoms with E-state index in [1.165, 1.54) is 23.5 Å². The molecule has 1 aromatic heterocycles. The molecule has 0 saturated carbocycles. The standard InChI is InChI=1S/C17H16N2O3S3/c1-11-6-8-12(9-7-11)25(21,22)10-15(20)18-17-19-16-13(23-2)4-3-5-14(16)24-17/h3-9H,10H2,1-2H3,(H,18,19,20). The lowest BCUT2D eigenvalue weighted by molar-refractivity contribution is -0.113. The molecule has 25 heavy (non-hydrogen) atoms. The lowest BCUT2D eigenvalue weighted by atomic mass is 10.2. The number of carbonyl (C=O) groups excluding carboxylic acids is 1. The summed E-state index contributed by atoms with van der Waals surface area (Å²) in [6.07, 6.45) is 1.96. The fourth-order valence-electron chi connectivity index (χ4n) is 2.30. The number of aryl methyl sites for hydroxylation is 1. The van der Waals surface area contributed by atoms with Crippen LogP contribution in [0, 0.1) is 6.92 Å². The lowest BCUT2D eigenvalue weighted by Gasteiger charge is -2.04. The summed E-state index contributed by atoms with van der Waals surface area (Å²) in [5.41, 5.74) is 1.78. The topological polar surface area (TPSA) is 76.1 Å². The zero-order chi connectivity index (χ0) is 18.0. The van der Waals surface area contributed by atoms with Gasteiger partial charge in [-0.05, 0) is 37.4 Å². The second kappa shape index (κ2) is 7.15. The first-order chi connectivity index (χ1) is 11.9. The molecule has 3 aromatic rings. The highest BCUT2D eigenvalue weighted by atomic mass is 32.2. The van der Waals surface area contributed by atoms with E-state index in [4.69, 9.17) is 0 Å². The highest BCUT2D eigenvalue weighted by molar-refractivity contribution is 7.98. The maximum absolute atomic E-state index is 12.3. The number of nitrogens with zero attached hydrogens (tertiary/aromatic N) is 1. The molecule has 8 heteroatoms. The number of amides is 1. The van der Waals surface area contributed by atoms with Crippen LogP contribution < -0.4 is 5.32 Å². The summed E-state index contributed by atoms with van der Waals surface area (Å²) >= 11 is 2.90. The molecule has 130 valence electrons. The summed E-state index contributed by atoms with van der Waals surface area (Å²) in [6.45, 7) is 1.87. The Morgan fingerprint density at radius 1 is 1.20 bits per heavy atom. The fraction of sp³-hybridized carbons (Fsp3) is 0.176. The Kier molecular flexibility index (Phi) is 5.12. The van der Waals surface area contributed by atoms with Crippen molar-refractivity contribution in [3.63, 3.8) is 0 Å². The molecule has 1 heterocycles. The Bertz CT molecular complexity index is 1020. The number of anilines is 1. The van der Waals surface area contributed by atoms with E-state index >= 15 is 0 Å². The third kappa shape index (κ3) is 4.02. The molecule has 0 bridgehead atoms. The van der Waals surface area contributed by atoms with Gasteiger partial charge < -0.3 is 5.32 Å². The molecule has 0 aliphatic carbocycles. The van der Waals surface area contributed by atoms with Crippen LogP contribution in [-0.4, -0.2) is 31.3 Å². The average Bonchev–Trinajstić information content (AvgIpc) is 2.96. The summed E-state index contributed by atoms with van der Waals surface area (Å²) in [5, 5.41) is 3.00. The van der Waals surface area contributed by atoms with Crippen molar-refractivity contribution < 1.29 is 13.2 Å². The zero-order valence-electron chi connectivity index (χ0n) is 13.6. The van der Waals surface area contributed by atoms with Gasteiger partial charge in [0, 0.05) is 4.90 Å². The van der Waals surface area contributed by atoms with Gasteiger partial charge in [-0.3, -0.25) is 4.79 Å². The van der Waals surface area contributed by atoms with Crippen LogP contribution in [0.4, 0.5) is 5.13 Å². The highest BCUT2D eigenvalue weighted by Crippen LogP contribution is 2.32. The highest BCUT2D eigenvalue weighted by Gasteiger charge is 2.20. The first kappa shape index (κ1) is 17.9. The van der Waals surface area contributed by atoms with Crippen LogP contribution >= 0.6 is 23.1 Å². The number of sulfone groups is 1. The SMILES string of the molecule is CSc1cccc2sc(NC(=O)CS(=O)(=O)c3ccc(C)cc3)nc12. The minimum absolute atomic E-state index is 0.141. The number of nitrogens with one attached hydrogen (secondary N) is 1. The Morgan fingerprint density at radius 2 is 1.92 bits per heavy atom. The molecule has 5 nitrogen and oxygen atoms in total. The fourth-order valence-corrected chi connectivity index (χ4v) is 4.97. The first-order valence-corrected chi connectivity index (χ1v) is 11.1. The molecule has 0 saturated heterocycles. The third-order valence-corrected chi connectivity index (χ3v) is 6.89. The van der Waals surface area contributed by atoms with Crippen molar-refractivity contribution in [1.29, 1.82) is 0 Å². The smallest absolute Gasteiger partial charge is 0.241 e. The normalized spacial score (nSPS) is 11.6. The molecular formula is C17H16N2O3S3. The summed E-state index contributed by atoms with van der Waals surface area (Å²) in [6, 6.07) is 12.3. The summed E-state index contributed by atoms with van der Waals surface area (Å²) in [5.74, 6) is -1.20. The van der Waals surface area contributed by atoms with Crippen molar-refractivity contribution >= 4 is 54.2 Å². The number of benzene rings is 2. The van der Waals surface area contributed by atoms with Gasteiger partial charge in [0.25, 0.3) is 0 Å². The van der Waals surface area contributed by atoms with Gasteiger partial charge in [0.05, 0.1) is 15.1 Å². The quantitative estimate of drug-likeness (QED) is 0.670. The molecule has 0 aliphatic rings. The third-order valence-electron chi connectivity index (χ3n) is 3.55. The predicted molar refractivity (Wildman–Crippen MR) is 103 cm³/mol. The molecule has 1 N–H and O–H groups in total. The number of hydrogen-bond acceptors (Lipinski definition) is 6. The Morgan fingerprint density at radius 3 is 2.60 bits per heavy atom. The number of aromatic nitrogens is 1. The van der Waals surface area contributed by atoms with E-state index in [1.807, 2.05) is 31.4 Å². The molecule has 2 aromatic carbocycles. The van der Waals surface area contributed by atoms with E-state index in [-0.39, 0.29) is 4.90 Å². The van der Waals surface area contributed by atoms with Crippen molar-refractivity contribution in [2.75, 3.05) is 17.3 Å². The number of rotatable bonds is 5. The van der Waals surface area contributed by atoms with E-state index < -0.39 is 21.5 Å². The number of para-hydroxylation sites is 1. The van der Waals surface area contributed by atoms with Crippen molar-refractivity contribution in [3.05, 3.63) is 48.0 Å². The number of thiazole rings is 1. The first-order valence-electron chi connectivity index (χ1n) is 7.42. The Balaban J connectivity index is 1.77. The van der Waals surface area contributed by atoms with Crippen LogP contribution in [0.15, 0.2) is 52.3 Å². The maximum atomic E-state index is 12.3. The lowest BCUT2D eigenvalue weighted by Crippen LogP contribution is -2.22. The largest absolute Gasteiger partial charge is 0.301 e. The summed E-state index contributed by atoms with van der Waals surface area (Å²) in [7, 11) is -3.68. The van der Waals surface area contributed by atoms with Crippen molar-refractivity contribution in [2.24, 2.45) is 0 Å². The van der Waals surface area contributed by atoms with Crippen LogP contribution in [0.2, 0.25) is 0 Å². The van der Waals surface area contributed by atoms with Crippen LogP contribution in [0.25, 0.3) is 10.2 Å². The van der Waals surface area contributed by atoms with Crippen LogP contribution in [0.3, 0.4) is 0 Å². The van der Waals surface area contributed by atoms with Crippen molar-refractivity contribution in [1.82, 2.24) is 4.98 Å². The van der Waals surface area contributed by atoms with E-state index in [0.717, 1.165) is 20.7 Å². The second-order valence-electron chi connectivity index (χ2n) is 5.45. The van der Waals surface area contributed by atoms with E-state index in [0.29, 0.717) is 5.13 Å². The van der Waals surface area contributed by atoms with E-state index in [9.17, 15) is 13.2 Å². The van der Waals surface area contributed by atoms with E-state index in [1.54, 1.807) is 23.9 Å². The molecular weight excluding hydrogens is 376 g/mol. The van der Waals surface area contributed by atoms with Crippen LogP contribution in [0.1, 0.15) is 5.56 Å². The molecule has 0 aliphatic heterocycles. The average molecular weight is 393 g/mol. The van der Waals surface area contributed by atoms with Gasteiger partial charge in [0.1, 0.15) is 5.75 Å². The van der Waals surface area contributed by atoms with Gasteiger partial charge in [-0.2, -0.15) is 0 Å². The maximum Gasteiger partial charge on any atom is 0.241 e. The molecule has 0 atom stereocenters. The minimum atomic E-state index is -3.68. The molecule has 0 unspecified atom stereocenters.